The predicted octanol–water partition coefficient (Wildman–Crippen LogP) is 7.39. The second kappa shape index (κ2) is 15.0. The second-order valence-electron chi connectivity index (χ2n) is 13.2. The highest BCUT2D eigenvalue weighted by atomic mass is 16.6. The minimum Gasteiger partial charge on any atom is -0.493 e. The molecule has 2 aromatic heterocycles. The Labute approximate surface area is 271 Å². The van der Waals surface area contributed by atoms with E-state index >= 15 is 0 Å². The van der Waals surface area contributed by atoms with Crippen LogP contribution in [0.2, 0.25) is 0 Å². The van der Waals surface area contributed by atoms with Gasteiger partial charge in [-0.3, -0.25) is 4.98 Å². The number of nitrogens with zero attached hydrogens (tertiary/aromatic N) is 3. The molecule has 3 heterocycles. The van der Waals surface area contributed by atoms with E-state index < -0.39 is 11.6 Å². The Morgan fingerprint density at radius 3 is 2.61 bits per heavy atom. The van der Waals surface area contributed by atoms with E-state index in [-0.39, 0.29) is 18.2 Å². The van der Waals surface area contributed by atoms with Crippen molar-refractivity contribution in [1.29, 1.82) is 0 Å². The van der Waals surface area contributed by atoms with Crippen LogP contribution in [0, 0.1) is 12.8 Å². The van der Waals surface area contributed by atoms with Gasteiger partial charge in [0.25, 0.3) is 5.90 Å². The van der Waals surface area contributed by atoms with E-state index in [2.05, 4.69) is 4.98 Å². The molecule has 248 valence electrons. The number of rotatable bonds is 12. The first-order valence-corrected chi connectivity index (χ1v) is 16.6. The van der Waals surface area contributed by atoms with Crippen molar-refractivity contribution in [3.63, 3.8) is 0 Å². The first kappa shape index (κ1) is 33.3. The van der Waals surface area contributed by atoms with Crippen LogP contribution in [0.5, 0.6) is 5.75 Å². The smallest absolute Gasteiger partial charge is 0.410 e. The Morgan fingerprint density at radius 1 is 1.09 bits per heavy atom. The van der Waals surface area contributed by atoms with Gasteiger partial charge in [-0.15, -0.1) is 0 Å². The van der Waals surface area contributed by atoms with Crippen LogP contribution in [0.15, 0.2) is 52.1 Å². The van der Waals surface area contributed by atoms with Crippen LogP contribution in [0.3, 0.4) is 0 Å². The highest BCUT2D eigenvalue weighted by molar-refractivity contribution is 6.02. The summed E-state index contributed by atoms with van der Waals surface area (Å²) in [7, 11) is 0. The lowest BCUT2D eigenvalue weighted by atomic mass is 9.84. The average Bonchev–Trinajstić information content (AvgIpc) is 3.60. The molecule has 1 aliphatic heterocycles. The molecule has 0 saturated heterocycles. The van der Waals surface area contributed by atoms with Gasteiger partial charge in [0.05, 0.1) is 25.1 Å². The van der Waals surface area contributed by atoms with Crippen molar-refractivity contribution in [2.45, 2.75) is 104 Å². The van der Waals surface area contributed by atoms with Gasteiger partial charge in [-0.1, -0.05) is 44.2 Å². The third kappa shape index (κ3) is 8.39. The van der Waals surface area contributed by atoms with Gasteiger partial charge in [0.2, 0.25) is 0 Å². The quantitative estimate of drug-likeness (QED) is 0.150. The molecule has 3 aromatic rings. The molecule has 1 amide bonds. The number of aromatic nitrogens is 1. The topological polar surface area (TPSA) is 113 Å². The Balaban J connectivity index is 1.28. The number of aliphatic imine (C=N–C) groups is 1. The summed E-state index contributed by atoms with van der Waals surface area (Å²) in [4.78, 5) is 36.4. The summed E-state index contributed by atoms with van der Waals surface area (Å²) in [5.41, 5.74) is 1.79. The van der Waals surface area contributed by atoms with E-state index in [0.29, 0.717) is 61.6 Å². The summed E-state index contributed by atoms with van der Waals surface area (Å²) in [6.07, 6.45) is 10.0. The molecule has 2 atom stereocenters. The first-order chi connectivity index (χ1) is 22.1. The van der Waals surface area contributed by atoms with E-state index in [1.165, 1.54) is 19.3 Å². The monoisotopic (exact) mass is 633 g/mol. The molecule has 10 nitrogen and oxygen atoms in total. The highest BCUT2D eigenvalue weighted by Crippen LogP contribution is 2.37. The molecule has 1 aliphatic carbocycles. The summed E-state index contributed by atoms with van der Waals surface area (Å²) in [5.74, 6) is 1.65. The minimum atomic E-state index is -0.709. The van der Waals surface area contributed by atoms with E-state index in [4.69, 9.17) is 28.4 Å². The number of hydrogen-bond donors (Lipinski definition) is 0. The predicted molar refractivity (Wildman–Crippen MR) is 175 cm³/mol. The summed E-state index contributed by atoms with van der Waals surface area (Å²) in [6.45, 7) is 10.8. The molecule has 0 unspecified atom stereocenters. The average molecular weight is 634 g/mol. The van der Waals surface area contributed by atoms with Gasteiger partial charge in [-0.05, 0) is 77.1 Å². The minimum absolute atomic E-state index is 0.291. The molecule has 0 N–H and O–H groups in total. The molecular weight excluding hydrogens is 586 g/mol. The van der Waals surface area contributed by atoms with Crippen molar-refractivity contribution in [3.8, 4) is 5.75 Å². The number of benzene rings is 1. The maximum absolute atomic E-state index is 13.0. The van der Waals surface area contributed by atoms with Crippen molar-refractivity contribution in [3.05, 3.63) is 59.6 Å². The zero-order valence-corrected chi connectivity index (χ0v) is 27.8. The fraction of sp³-hybridized carbons (Fsp3) is 0.556. The van der Waals surface area contributed by atoms with Gasteiger partial charge < -0.3 is 28.3 Å². The van der Waals surface area contributed by atoms with Gasteiger partial charge >= 0.3 is 12.1 Å². The van der Waals surface area contributed by atoms with Crippen molar-refractivity contribution in [2.24, 2.45) is 10.9 Å². The van der Waals surface area contributed by atoms with E-state index in [9.17, 15) is 9.59 Å². The molecule has 5 rings (SSSR count). The van der Waals surface area contributed by atoms with Crippen LogP contribution in [0.4, 0.5) is 4.79 Å². The van der Waals surface area contributed by atoms with E-state index in [0.717, 1.165) is 35.8 Å². The van der Waals surface area contributed by atoms with Crippen molar-refractivity contribution < 1.29 is 33.0 Å². The number of furan rings is 1. The lowest BCUT2D eigenvalue weighted by molar-refractivity contribution is -0.146. The van der Waals surface area contributed by atoms with Crippen LogP contribution in [0.1, 0.15) is 89.5 Å². The number of ether oxygens (including phenoxy) is 4. The van der Waals surface area contributed by atoms with Crippen LogP contribution in [-0.4, -0.2) is 65.3 Å². The molecule has 0 bridgehead atoms. The number of fused-ring (bicyclic) bond motifs is 1. The molecule has 0 spiro atoms. The number of pyridine rings is 1. The highest BCUT2D eigenvalue weighted by Gasteiger charge is 2.41. The van der Waals surface area contributed by atoms with E-state index in [1.807, 2.05) is 58.0 Å². The number of esters is 1. The maximum Gasteiger partial charge on any atom is 0.410 e. The zero-order valence-electron chi connectivity index (χ0n) is 27.8. The third-order valence-corrected chi connectivity index (χ3v) is 8.38. The van der Waals surface area contributed by atoms with Crippen LogP contribution >= 0.6 is 0 Å². The summed E-state index contributed by atoms with van der Waals surface area (Å²) >= 11 is 0. The molecule has 1 fully saturated rings. The van der Waals surface area contributed by atoms with Gasteiger partial charge in [-0.2, -0.15) is 0 Å². The van der Waals surface area contributed by atoms with Crippen LogP contribution < -0.4 is 4.74 Å². The van der Waals surface area contributed by atoms with Gasteiger partial charge in [0, 0.05) is 24.5 Å². The molecule has 0 radical (unpaired) electrons. The largest absolute Gasteiger partial charge is 0.493 e. The molecule has 10 heteroatoms. The van der Waals surface area contributed by atoms with Crippen LogP contribution in [0.25, 0.3) is 11.0 Å². The molecule has 1 aromatic carbocycles. The lowest BCUT2D eigenvalue weighted by Gasteiger charge is -2.27. The van der Waals surface area contributed by atoms with Gasteiger partial charge in [0.15, 0.2) is 11.8 Å². The standard InChI is InChI=1S/C36H47N3O7/c1-6-42-34(40)31-29(21-25-13-8-7-9-14-25)45-33(38-31)32-24(2)30-27(16-10-17-28(30)44-32)43-20-12-19-39(35(41)46-36(3,4)5)23-26-15-11-18-37-22-26/h10-11,15-18,22,25,29,31H,6-9,12-14,19-21,23H2,1-5H3/t29-,31+/m0/s1. The normalized spacial score (nSPS) is 18.6. The number of hydrogen-bond acceptors (Lipinski definition) is 9. The van der Waals surface area contributed by atoms with Crippen molar-refractivity contribution in [1.82, 2.24) is 9.88 Å². The van der Waals surface area contributed by atoms with E-state index in [1.54, 1.807) is 24.2 Å². The van der Waals surface area contributed by atoms with Crippen molar-refractivity contribution in [2.75, 3.05) is 19.8 Å². The number of carbonyl (C=O) groups is 2. The molecule has 46 heavy (non-hydrogen) atoms. The van der Waals surface area contributed by atoms with Gasteiger partial charge in [-0.25, -0.2) is 14.6 Å². The summed E-state index contributed by atoms with van der Waals surface area (Å²) in [5, 5.41) is 0.826. The fourth-order valence-electron chi connectivity index (χ4n) is 6.22. The third-order valence-electron chi connectivity index (χ3n) is 8.38. The SMILES string of the molecule is CCOC(=O)[C@@H]1N=C(c2oc3cccc(OCCCN(Cc4cccnc4)C(=O)OC(C)(C)C)c3c2C)O[C@H]1CC1CCCCC1. The lowest BCUT2D eigenvalue weighted by Crippen LogP contribution is -2.37. The van der Waals surface area contributed by atoms with Crippen molar-refractivity contribution >= 4 is 28.9 Å². The molecular formula is C36H47N3O7. The second-order valence-corrected chi connectivity index (χ2v) is 13.2. The maximum atomic E-state index is 13.0. The van der Waals surface area contributed by atoms with Gasteiger partial charge in [0.1, 0.15) is 23.0 Å². The fourth-order valence-corrected chi connectivity index (χ4v) is 6.22. The Morgan fingerprint density at radius 2 is 1.89 bits per heavy atom. The Hall–Kier alpha value is -4.08. The molecule has 1 saturated carbocycles. The van der Waals surface area contributed by atoms with Crippen LogP contribution in [-0.2, 0) is 25.5 Å². The summed E-state index contributed by atoms with van der Waals surface area (Å²) in [6, 6.07) is 8.75. The number of amides is 1. The Kier molecular flexibility index (Phi) is 10.9. The summed E-state index contributed by atoms with van der Waals surface area (Å²) < 4.78 is 29.9. The molecule has 2 aliphatic rings. The number of aryl methyl sites for hydroxylation is 1. The zero-order chi connectivity index (χ0) is 32.7. The number of carbonyl (C=O) groups excluding carboxylic acids is 2. The Bertz CT molecular complexity index is 1510. The first-order valence-electron chi connectivity index (χ1n) is 16.6.